The molecule has 1 saturated carbocycles. The van der Waals surface area contributed by atoms with Crippen LogP contribution in [0.2, 0.25) is 0 Å². The predicted molar refractivity (Wildman–Crippen MR) is 188 cm³/mol. The summed E-state index contributed by atoms with van der Waals surface area (Å²) in [6.07, 6.45) is -2.87. The first-order chi connectivity index (χ1) is 24.3. The number of ether oxygens (including phenoxy) is 5. The van der Waals surface area contributed by atoms with Crippen LogP contribution in [0.15, 0.2) is 42.5 Å². The summed E-state index contributed by atoms with van der Waals surface area (Å²) in [5.74, 6) is -5.78. The molecule has 14 heteroatoms. The van der Waals surface area contributed by atoms with Crippen molar-refractivity contribution in [1.82, 2.24) is 4.90 Å². The van der Waals surface area contributed by atoms with Crippen LogP contribution in [0.3, 0.4) is 0 Å². The van der Waals surface area contributed by atoms with Gasteiger partial charge in [0.15, 0.2) is 11.6 Å². The number of rotatable bonds is 12. The summed E-state index contributed by atoms with van der Waals surface area (Å²) in [5, 5.41) is 0. The van der Waals surface area contributed by atoms with Gasteiger partial charge < -0.3 is 28.6 Å². The van der Waals surface area contributed by atoms with Gasteiger partial charge in [0.1, 0.15) is 17.0 Å². The summed E-state index contributed by atoms with van der Waals surface area (Å²) in [6.45, 7) is 12.3. The van der Waals surface area contributed by atoms with Gasteiger partial charge in [0.25, 0.3) is 0 Å². The van der Waals surface area contributed by atoms with Gasteiger partial charge in [-0.3, -0.25) is 0 Å². The van der Waals surface area contributed by atoms with E-state index >= 15 is 0 Å². The molecule has 0 N–H and O–H groups in total. The molecular formula is C38H50F4NO8P. The van der Waals surface area contributed by atoms with Crippen molar-refractivity contribution in [3.8, 4) is 5.75 Å². The lowest BCUT2D eigenvalue weighted by atomic mass is 9.82. The molecule has 1 saturated heterocycles. The van der Waals surface area contributed by atoms with Crippen LogP contribution in [-0.4, -0.2) is 77.5 Å². The van der Waals surface area contributed by atoms with Crippen molar-refractivity contribution in [3.63, 3.8) is 0 Å². The Morgan fingerprint density at radius 1 is 0.885 bits per heavy atom. The Kier molecular flexibility index (Phi) is 13.6. The Morgan fingerprint density at radius 3 is 2.12 bits per heavy atom. The van der Waals surface area contributed by atoms with Crippen molar-refractivity contribution in [1.29, 1.82) is 0 Å². The fraction of sp³-hybridized carbons (Fsp3) is 0.605. The number of halogens is 4. The number of amides is 1. The van der Waals surface area contributed by atoms with Crippen molar-refractivity contribution < 1.29 is 55.6 Å². The monoisotopic (exact) mass is 755 g/mol. The quantitative estimate of drug-likeness (QED) is 0.0915. The predicted octanol–water partition coefficient (Wildman–Crippen LogP) is 9.54. The van der Waals surface area contributed by atoms with Crippen LogP contribution in [0.5, 0.6) is 5.75 Å². The average molecular weight is 756 g/mol. The van der Waals surface area contributed by atoms with Gasteiger partial charge in [-0.1, -0.05) is 30.3 Å². The highest BCUT2D eigenvalue weighted by atomic mass is 31.1. The third-order valence-corrected chi connectivity index (χ3v) is 11.4. The molecule has 0 bridgehead atoms. The second-order valence-corrected chi connectivity index (χ2v) is 17.4. The van der Waals surface area contributed by atoms with E-state index in [1.54, 1.807) is 25.7 Å². The van der Waals surface area contributed by atoms with Crippen LogP contribution in [0, 0.1) is 11.6 Å². The van der Waals surface area contributed by atoms with Crippen LogP contribution in [0.1, 0.15) is 97.6 Å². The number of hydrogen-bond donors (Lipinski definition) is 0. The van der Waals surface area contributed by atoms with E-state index in [2.05, 4.69) is 9.47 Å². The van der Waals surface area contributed by atoms with Crippen LogP contribution in [0.25, 0.3) is 0 Å². The van der Waals surface area contributed by atoms with E-state index in [9.17, 15) is 31.9 Å². The Balaban J connectivity index is 1.53. The molecule has 2 aliphatic rings. The minimum atomic E-state index is -4.49. The summed E-state index contributed by atoms with van der Waals surface area (Å²) < 4.78 is 85.3. The molecule has 1 aliphatic heterocycles. The molecule has 0 aromatic heterocycles. The maximum atomic E-state index is 14.9. The first-order valence-corrected chi connectivity index (χ1v) is 19.2. The van der Waals surface area contributed by atoms with Gasteiger partial charge in [0.2, 0.25) is 0 Å². The van der Waals surface area contributed by atoms with Crippen molar-refractivity contribution in [2.45, 2.75) is 128 Å². The molecule has 3 atom stereocenters. The Morgan fingerprint density at radius 2 is 1.52 bits per heavy atom. The molecule has 4 rings (SSSR count). The van der Waals surface area contributed by atoms with E-state index < -0.39 is 66.6 Å². The molecule has 2 aromatic rings. The van der Waals surface area contributed by atoms with Crippen LogP contribution in [-0.2, 0) is 29.9 Å². The molecule has 1 amide bonds. The lowest BCUT2D eigenvalue weighted by Crippen LogP contribution is -2.46. The number of esters is 1. The van der Waals surface area contributed by atoms with Gasteiger partial charge in [-0.25, -0.2) is 23.2 Å². The van der Waals surface area contributed by atoms with Crippen LogP contribution in [0.4, 0.5) is 27.2 Å². The van der Waals surface area contributed by atoms with Gasteiger partial charge in [-0.05, 0) is 98.1 Å². The molecule has 1 heterocycles. The minimum Gasteiger partial charge on any atom is -0.459 e. The number of benzene rings is 2. The molecule has 2 fully saturated rings. The topological polar surface area (TPSA) is 101 Å². The number of carbonyl (C=O) groups is 3. The third kappa shape index (κ3) is 11.3. The van der Waals surface area contributed by atoms with Crippen molar-refractivity contribution >= 4 is 25.7 Å². The largest absolute Gasteiger partial charge is 0.502 e. The smallest absolute Gasteiger partial charge is 0.459 e. The first-order valence-electron chi connectivity index (χ1n) is 17.7. The second kappa shape index (κ2) is 17.1. The maximum absolute atomic E-state index is 14.9. The first kappa shape index (κ1) is 41.3. The lowest BCUT2D eigenvalue weighted by molar-refractivity contribution is -0.217. The second-order valence-electron chi connectivity index (χ2n) is 15.1. The fourth-order valence-corrected chi connectivity index (χ4v) is 9.24. The fourth-order valence-electron chi connectivity index (χ4n) is 6.52. The molecule has 3 unspecified atom stereocenters. The zero-order chi connectivity index (χ0) is 38.4. The summed E-state index contributed by atoms with van der Waals surface area (Å²) in [5.41, 5.74) is -1.17. The summed E-state index contributed by atoms with van der Waals surface area (Å²) in [7, 11) is -1.45. The minimum absolute atomic E-state index is 0.102. The Hall–Kier alpha value is -3.44. The summed E-state index contributed by atoms with van der Waals surface area (Å²) in [6, 6.07) is 10.5. The lowest BCUT2D eigenvalue weighted by Gasteiger charge is -2.36. The third-order valence-electron chi connectivity index (χ3n) is 8.76. The number of alkyl halides is 2. The van der Waals surface area contributed by atoms with E-state index in [0.29, 0.717) is 50.9 Å². The molecule has 1 aliphatic carbocycles. The van der Waals surface area contributed by atoms with Gasteiger partial charge in [-0.15, -0.1) is 0 Å². The highest BCUT2D eigenvalue weighted by molar-refractivity contribution is 7.74. The molecule has 0 spiro atoms. The van der Waals surface area contributed by atoms with Crippen LogP contribution < -0.4 is 4.74 Å². The molecule has 2 aromatic carbocycles. The Bertz CT molecular complexity index is 1540. The summed E-state index contributed by atoms with van der Waals surface area (Å²) >= 11 is 0. The van der Waals surface area contributed by atoms with E-state index in [4.69, 9.17) is 14.2 Å². The average Bonchev–Trinajstić information content (AvgIpc) is 3.46. The summed E-state index contributed by atoms with van der Waals surface area (Å²) in [4.78, 5) is 40.7. The van der Waals surface area contributed by atoms with Gasteiger partial charge in [-0.2, -0.15) is 8.78 Å². The zero-order valence-electron chi connectivity index (χ0n) is 30.9. The highest BCUT2D eigenvalue weighted by Crippen LogP contribution is 2.53. The van der Waals surface area contributed by atoms with Crippen molar-refractivity contribution in [3.05, 3.63) is 65.2 Å². The maximum Gasteiger partial charge on any atom is 0.502 e. The van der Waals surface area contributed by atoms with E-state index in [1.165, 1.54) is 6.92 Å². The number of carbonyl (C=O) groups excluding carboxylic acids is 3. The van der Waals surface area contributed by atoms with Crippen molar-refractivity contribution in [2.75, 3.05) is 19.8 Å². The molecule has 288 valence electrons. The Labute approximate surface area is 304 Å². The number of nitrogens with zero attached hydrogens (tertiary/aromatic N) is 1. The van der Waals surface area contributed by atoms with Gasteiger partial charge in [0, 0.05) is 37.9 Å². The standard InChI is InChI=1S/C38H50F4NO8P/c1-8-47-33(44)38(41,42)49-32-28(20-26(39)21-29(32)40)25-14-16-27(17-15-25)48-22-30-31(18-19-43(30)34(45)50-36(2,3)4)52(35(46)51-37(5,6)7)23-24-12-10-9-11-13-24/h9-13,20-21,25,27,30-31H,8,14-19,22-23H2,1-7H3/t25-,27+,30?,31?,52?. The molecule has 0 radical (unpaired) electrons. The van der Waals surface area contributed by atoms with Crippen molar-refractivity contribution in [2.24, 2.45) is 0 Å². The van der Waals surface area contributed by atoms with E-state index in [1.807, 2.05) is 51.1 Å². The molecule has 52 heavy (non-hydrogen) atoms. The molecular weight excluding hydrogens is 705 g/mol. The van der Waals surface area contributed by atoms with E-state index in [0.717, 1.165) is 11.6 Å². The number of likely N-dealkylation sites (tertiary alicyclic amines) is 1. The van der Waals surface area contributed by atoms with Gasteiger partial charge >= 0.3 is 23.9 Å². The molecule has 9 nitrogen and oxygen atoms in total. The van der Waals surface area contributed by atoms with E-state index in [-0.39, 0.29) is 36.3 Å². The van der Waals surface area contributed by atoms with Gasteiger partial charge in [0.05, 0.1) is 25.4 Å². The SMILES string of the molecule is CCOC(=O)C(F)(F)Oc1c(F)cc(F)cc1[C@H]1CC[C@@H](OCC2C(P(Cc3ccccc3)C(=O)OC(C)(C)C)CCN2C(=O)OC(C)(C)C)CC1. The normalized spacial score (nSPS) is 21.7. The van der Waals surface area contributed by atoms with Crippen LogP contribution >= 0.6 is 7.92 Å². The zero-order valence-corrected chi connectivity index (χ0v) is 31.8. The highest BCUT2D eigenvalue weighted by Gasteiger charge is 2.48. The number of hydrogen-bond acceptors (Lipinski definition) is 8.